The van der Waals surface area contributed by atoms with E-state index < -0.39 is 0 Å². The highest BCUT2D eigenvalue weighted by Crippen LogP contribution is 2.28. The van der Waals surface area contributed by atoms with Crippen LogP contribution >= 0.6 is 0 Å². The number of rotatable bonds is 7. The van der Waals surface area contributed by atoms with Crippen LogP contribution in [0, 0.1) is 0 Å². The predicted molar refractivity (Wildman–Crippen MR) is 118 cm³/mol. The molecule has 1 N–H and O–H groups in total. The van der Waals surface area contributed by atoms with Gasteiger partial charge in [-0.1, -0.05) is 18.7 Å². The summed E-state index contributed by atoms with van der Waals surface area (Å²) >= 11 is 0. The molecule has 1 heterocycles. The first-order valence-corrected chi connectivity index (χ1v) is 10.4. The summed E-state index contributed by atoms with van der Waals surface area (Å²) in [4.78, 5) is 18.0. The largest absolute Gasteiger partial charge is 0.496 e. The van der Waals surface area contributed by atoms with Gasteiger partial charge in [0.2, 0.25) is 0 Å². The molecule has 1 aliphatic carbocycles. The fraction of sp³-hybridized carbons (Fsp3) is 0.417. The van der Waals surface area contributed by atoms with Gasteiger partial charge in [-0.3, -0.25) is 4.98 Å². The molecule has 1 aromatic carbocycles. The maximum absolute atomic E-state index is 12.1. The van der Waals surface area contributed by atoms with Gasteiger partial charge in [0, 0.05) is 49.2 Å². The molecule has 0 bridgehead atoms. The van der Waals surface area contributed by atoms with E-state index in [0.717, 1.165) is 54.7 Å². The summed E-state index contributed by atoms with van der Waals surface area (Å²) in [6.07, 6.45) is 7.26. The molecular weight excluding hydrogens is 378 g/mol. The number of carbonyl (C=O) groups excluding carboxylic acids is 1. The Morgan fingerprint density at radius 1 is 1.23 bits per heavy atom. The Kier molecular flexibility index (Phi) is 7.46. The number of amides is 1. The Bertz CT molecular complexity index is 861. The molecule has 0 atom stereocenters. The van der Waals surface area contributed by atoms with Crippen molar-refractivity contribution in [3.63, 3.8) is 0 Å². The lowest BCUT2D eigenvalue weighted by molar-refractivity contribution is 0.109. The molecule has 0 spiro atoms. The van der Waals surface area contributed by atoms with E-state index in [1.54, 1.807) is 32.2 Å². The Labute approximate surface area is 178 Å². The van der Waals surface area contributed by atoms with E-state index in [0.29, 0.717) is 11.8 Å². The average molecular weight is 410 g/mol. The van der Waals surface area contributed by atoms with Crippen molar-refractivity contribution in [2.45, 2.75) is 51.2 Å². The van der Waals surface area contributed by atoms with E-state index in [9.17, 15) is 4.79 Å². The first-order chi connectivity index (χ1) is 14.5. The van der Waals surface area contributed by atoms with Gasteiger partial charge >= 0.3 is 6.09 Å². The Morgan fingerprint density at radius 3 is 2.63 bits per heavy atom. The summed E-state index contributed by atoms with van der Waals surface area (Å²) in [6.45, 7) is 6.05. The molecule has 0 saturated heterocycles. The molecular formula is C24H31N3O3. The number of hydrogen-bond donors (Lipinski definition) is 1. The third-order valence-corrected chi connectivity index (χ3v) is 5.65. The minimum atomic E-state index is -0.323. The minimum absolute atomic E-state index is 0.207. The van der Waals surface area contributed by atoms with Crippen molar-refractivity contribution in [2.24, 2.45) is 0 Å². The van der Waals surface area contributed by atoms with Crippen molar-refractivity contribution >= 4 is 6.09 Å². The normalized spacial score (nSPS) is 18.5. The molecule has 2 aromatic rings. The molecule has 1 aromatic heterocycles. The molecule has 1 saturated carbocycles. The van der Waals surface area contributed by atoms with E-state index in [4.69, 9.17) is 9.47 Å². The standard InChI is InChI=1S/C24H31N3O3/c1-17(2)30-24(28)27(3)22-10-8-21(9-11-22)26-16-20-14-18(7-12-23(20)29-4)19-6-5-13-25-15-19/h5-7,12-15,21-22,26H,1,8-11,16H2,2-4H3. The molecule has 30 heavy (non-hydrogen) atoms. The maximum atomic E-state index is 12.1. The maximum Gasteiger partial charge on any atom is 0.414 e. The van der Waals surface area contributed by atoms with E-state index in [2.05, 4.69) is 35.1 Å². The summed E-state index contributed by atoms with van der Waals surface area (Å²) in [5, 5.41) is 3.67. The number of pyridine rings is 1. The van der Waals surface area contributed by atoms with E-state index in [1.165, 1.54) is 0 Å². The second-order valence-electron chi connectivity index (χ2n) is 7.84. The second kappa shape index (κ2) is 10.3. The third-order valence-electron chi connectivity index (χ3n) is 5.65. The smallest absolute Gasteiger partial charge is 0.414 e. The molecule has 1 fully saturated rings. The van der Waals surface area contributed by atoms with Gasteiger partial charge in [-0.2, -0.15) is 0 Å². The lowest BCUT2D eigenvalue weighted by Crippen LogP contribution is -2.43. The van der Waals surface area contributed by atoms with Crippen LogP contribution in [0.1, 0.15) is 38.2 Å². The van der Waals surface area contributed by atoms with Crippen LogP contribution in [0.4, 0.5) is 4.79 Å². The Balaban J connectivity index is 1.56. The van der Waals surface area contributed by atoms with Gasteiger partial charge < -0.3 is 19.7 Å². The first kappa shape index (κ1) is 21.8. The highest BCUT2D eigenvalue weighted by Gasteiger charge is 2.27. The number of nitrogens with one attached hydrogen (secondary N) is 1. The summed E-state index contributed by atoms with van der Waals surface area (Å²) < 4.78 is 10.7. The Morgan fingerprint density at radius 2 is 2.00 bits per heavy atom. The Hall–Kier alpha value is -2.86. The van der Waals surface area contributed by atoms with Gasteiger partial charge in [-0.15, -0.1) is 0 Å². The molecule has 1 amide bonds. The summed E-state index contributed by atoms with van der Waals surface area (Å²) in [5.74, 6) is 1.30. The van der Waals surface area contributed by atoms with Crippen molar-refractivity contribution in [1.29, 1.82) is 0 Å². The number of methoxy groups -OCH3 is 1. The monoisotopic (exact) mass is 409 g/mol. The van der Waals surface area contributed by atoms with E-state index in [1.807, 2.05) is 18.3 Å². The number of ether oxygens (including phenoxy) is 2. The molecule has 6 heteroatoms. The molecule has 0 radical (unpaired) electrons. The van der Waals surface area contributed by atoms with Gasteiger partial charge in [0.1, 0.15) is 5.75 Å². The fourth-order valence-electron chi connectivity index (χ4n) is 3.92. The van der Waals surface area contributed by atoms with E-state index in [-0.39, 0.29) is 12.1 Å². The molecule has 1 aliphatic rings. The van der Waals surface area contributed by atoms with Crippen LogP contribution in [0.25, 0.3) is 11.1 Å². The SMILES string of the molecule is C=C(C)OC(=O)N(C)C1CCC(NCc2cc(-c3cccnc3)ccc2OC)CC1. The second-order valence-corrected chi connectivity index (χ2v) is 7.84. The molecule has 0 aliphatic heterocycles. The number of benzene rings is 1. The van der Waals surface area contributed by atoms with Crippen molar-refractivity contribution in [1.82, 2.24) is 15.2 Å². The van der Waals surface area contributed by atoms with Gasteiger partial charge in [-0.05, 0) is 56.4 Å². The summed E-state index contributed by atoms with van der Waals surface area (Å²) in [5.41, 5.74) is 3.34. The number of hydrogen-bond acceptors (Lipinski definition) is 5. The van der Waals surface area contributed by atoms with Crippen LogP contribution < -0.4 is 10.1 Å². The van der Waals surface area contributed by atoms with Crippen LogP contribution in [0.3, 0.4) is 0 Å². The van der Waals surface area contributed by atoms with Crippen LogP contribution in [0.5, 0.6) is 5.75 Å². The quantitative estimate of drug-likeness (QED) is 0.668. The van der Waals surface area contributed by atoms with Gasteiger partial charge in [0.15, 0.2) is 0 Å². The zero-order chi connectivity index (χ0) is 21.5. The van der Waals surface area contributed by atoms with Gasteiger partial charge in [-0.25, -0.2) is 4.79 Å². The lowest BCUT2D eigenvalue weighted by atomic mass is 9.90. The number of carbonyl (C=O) groups is 1. The van der Waals surface area contributed by atoms with Crippen LogP contribution in [0.2, 0.25) is 0 Å². The number of aromatic nitrogens is 1. The number of allylic oxidation sites excluding steroid dienone is 1. The van der Waals surface area contributed by atoms with E-state index >= 15 is 0 Å². The fourth-order valence-corrected chi connectivity index (χ4v) is 3.92. The third kappa shape index (κ3) is 5.60. The molecule has 3 rings (SSSR count). The van der Waals surface area contributed by atoms with Crippen molar-refractivity contribution < 1.29 is 14.3 Å². The van der Waals surface area contributed by atoms with Crippen molar-refractivity contribution in [3.05, 3.63) is 60.6 Å². The van der Waals surface area contributed by atoms with Crippen molar-refractivity contribution in [2.75, 3.05) is 14.2 Å². The molecule has 0 unspecified atom stereocenters. The highest BCUT2D eigenvalue weighted by atomic mass is 16.6. The van der Waals surface area contributed by atoms with Crippen LogP contribution in [-0.2, 0) is 11.3 Å². The summed E-state index contributed by atoms with van der Waals surface area (Å²) in [6, 6.07) is 10.9. The zero-order valence-electron chi connectivity index (χ0n) is 18.1. The lowest BCUT2D eigenvalue weighted by Gasteiger charge is -2.34. The zero-order valence-corrected chi connectivity index (χ0v) is 18.1. The average Bonchev–Trinajstić information content (AvgIpc) is 2.77. The highest BCUT2D eigenvalue weighted by molar-refractivity contribution is 5.68. The van der Waals surface area contributed by atoms with Crippen LogP contribution in [0.15, 0.2) is 55.1 Å². The molecule has 160 valence electrons. The van der Waals surface area contributed by atoms with Crippen molar-refractivity contribution in [3.8, 4) is 16.9 Å². The first-order valence-electron chi connectivity index (χ1n) is 10.4. The number of nitrogens with zero attached hydrogens (tertiary/aromatic N) is 2. The van der Waals surface area contributed by atoms with Gasteiger partial charge in [0.05, 0.1) is 12.9 Å². The topological polar surface area (TPSA) is 63.7 Å². The minimum Gasteiger partial charge on any atom is -0.496 e. The summed E-state index contributed by atoms with van der Waals surface area (Å²) in [7, 11) is 3.51. The van der Waals surface area contributed by atoms with Crippen LogP contribution in [-0.4, -0.2) is 42.2 Å². The predicted octanol–water partition coefficient (Wildman–Crippen LogP) is 4.76. The van der Waals surface area contributed by atoms with Gasteiger partial charge in [0.25, 0.3) is 0 Å². The molecule has 6 nitrogen and oxygen atoms in total.